The Balaban J connectivity index is 2.22. The maximum atomic E-state index is 10.4. The molecule has 0 aromatic heterocycles. The fourth-order valence-electron chi connectivity index (χ4n) is 1.11. The van der Waals surface area contributed by atoms with Gasteiger partial charge in [0.15, 0.2) is 0 Å². The van der Waals surface area contributed by atoms with Crippen LogP contribution in [0.2, 0.25) is 0 Å². The van der Waals surface area contributed by atoms with E-state index in [1.807, 2.05) is 12.1 Å². The van der Waals surface area contributed by atoms with Crippen molar-refractivity contribution in [2.75, 3.05) is 31.7 Å². The largest absolute Gasteiger partial charge is 0.394 e. The molecule has 0 spiro atoms. The van der Waals surface area contributed by atoms with E-state index < -0.39 is 0 Å². The van der Waals surface area contributed by atoms with Crippen molar-refractivity contribution in [3.63, 3.8) is 0 Å². The van der Waals surface area contributed by atoms with Crippen LogP contribution in [0.3, 0.4) is 0 Å². The number of benzene rings is 1. The Hall–Kier alpha value is -1.39. The molecular formula is C11H15NO3. The Morgan fingerprint density at radius 3 is 2.60 bits per heavy atom. The van der Waals surface area contributed by atoms with Crippen LogP contribution in [0.4, 0.5) is 5.69 Å². The molecule has 2 N–H and O–H groups in total. The van der Waals surface area contributed by atoms with Gasteiger partial charge in [-0.15, -0.1) is 0 Å². The van der Waals surface area contributed by atoms with Crippen molar-refractivity contribution in [3.05, 3.63) is 29.8 Å². The number of hydrogen-bond acceptors (Lipinski definition) is 4. The molecule has 15 heavy (non-hydrogen) atoms. The summed E-state index contributed by atoms with van der Waals surface area (Å²) in [5.74, 6) is 0. The first-order valence-electron chi connectivity index (χ1n) is 4.84. The molecule has 0 saturated carbocycles. The topological polar surface area (TPSA) is 58.6 Å². The standard InChI is InChI=1S/C11H15NO3/c13-6-8-15-7-5-12-11-3-1-10(9-14)2-4-11/h1-4,9,12-13H,5-8H2. The molecule has 0 fully saturated rings. The fraction of sp³-hybridized carbons (Fsp3) is 0.364. The molecule has 0 atom stereocenters. The van der Waals surface area contributed by atoms with E-state index in [1.54, 1.807) is 12.1 Å². The summed E-state index contributed by atoms with van der Waals surface area (Å²) in [5, 5.41) is 11.6. The minimum absolute atomic E-state index is 0.0496. The fourth-order valence-corrected chi connectivity index (χ4v) is 1.11. The summed E-state index contributed by atoms with van der Waals surface area (Å²) in [6, 6.07) is 7.19. The van der Waals surface area contributed by atoms with E-state index in [0.29, 0.717) is 25.3 Å². The van der Waals surface area contributed by atoms with Crippen LogP contribution in [-0.2, 0) is 4.74 Å². The van der Waals surface area contributed by atoms with E-state index in [0.717, 1.165) is 12.0 Å². The third-order valence-corrected chi connectivity index (χ3v) is 1.86. The van der Waals surface area contributed by atoms with E-state index in [4.69, 9.17) is 9.84 Å². The molecule has 0 aliphatic carbocycles. The summed E-state index contributed by atoms with van der Waals surface area (Å²) in [5.41, 5.74) is 1.62. The first-order chi connectivity index (χ1) is 7.36. The highest BCUT2D eigenvalue weighted by molar-refractivity contribution is 5.75. The summed E-state index contributed by atoms with van der Waals surface area (Å²) in [6.45, 7) is 1.65. The highest BCUT2D eigenvalue weighted by Gasteiger charge is 1.92. The highest BCUT2D eigenvalue weighted by Crippen LogP contribution is 2.07. The van der Waals surface area contributed by atoms with Gasteiger partial charge in [-0.25, -0.2) is 0 Å². The van der Waals surface area contributed by atoms with Gasteiger partial charge in [0.2, 0.25) is 0 Å². The number of carbonyl (C=O) groups excluding carboxylic acids is 1. The van der Waals surface area contributed by atoms with Gasteiger partial charge in [-0.3, -0.25) is 4.79 Å². The molecule has 4 heteroatoms. The van der Waals surface area contributed by atoms with Crippen LogP contribution in [0.5, 0.6) is 0 Å². The molecule has 0 saturated heterocycles. The van der Waals surface area contributed by atoms with Gasteiger partial charge in [-0.1, -0.05) is 0 Å². The first-order valence-corrected chi connectivity index (χ1v) is 4.84. The van der Waals surface area contributed by atoms with Gasteiger partial charge in [0, 0.05) is 17.8 Å². The number of aldehydes is 1. The Morgan fingerprint density at radius 1 is 1.27 bits per heavy atom. The zero-order valence-corrected chi connectivity index (χ0v) is 8.48. The molecule has 0 aliphatic rings. The van der Waals surface area contributed by atoms with Crippen molar-refractivity contribution in [2.24, 2.45) is 0 Å². The zero-order valence-electron chi connectivity index (χ0n) is 8.48. The van der Waals surface area contributed by atoms with Crippen molar-refractivity contribution in [1.82, 2.24) is 0 Å². The van der Waals surface area contributed by atoms with Crippen molar-refractivity contribution >= 4 is 12.0 Å². The van der Waals surface area contributed by atoms with E-state index in [1.165, 1.54) is 0 Å². The average molecular weight is 209 g/mol. The van der Waals surface area contributed by atoms with Gasteiger partial charge in [0.1, 0.15) is 6.29 Å². The Morgan fingerprint density at radius 2 is 2.00 bits per heavy atom. The second kappa shape index (κ2) is 6.98. The molecule has 0 bridgehead atoms. The second-order valence-corrected chi connectivity index (χ2v) is 3.00. The number of carbonyl (C=O) groups is 1. The molecule has 1 rings (SSSR count). The quantitative estimate of drug-likeness (QED) is 0.518. The van der Waals surface area contributed by atoms with Crippen LogP contribution in [0.15, 0.2) is 24.3 Å². The minimum Gasteiger partial charge on any atom is -0.394 e. The number of ether oxygens (including phenoxy) is 1. The van der Waals surface area contributed by atoms with Crippen LogP contribution < -0.4 is 5.32 Å². The number of aliphatic hydroxyl groups is 1. The molecule has 82 valence electrons. The monoisotopic (exact) mass is 209 g/mol. The lowest BCUT2D eigenvalue weighted by Gasteiger charge is -2.06. The lowest BCUT2D eigenvalue weighted by molar-refractivity contribution is 0.0992. The number of aliphatic hydroxyl groups excluding tert-OH is 1. The predicted octanol–water partition coefficient (Wildman–Crippen LogP) is 0.920. The van der Waals surface area contributed by atoms with Crippen LogP contribution in [-0.4, -0.2) is 37.8 Å². The summed E-state index contributed by atoms with van der Waals surface area (Å²) >= 11 is 0. The normalized spacial score (nSPS) is 9.93. The molecular weight excluding hydrogens is 194 g/mol. The number of hydrogen-bond donors (Lipinski definition) is 2. The van der Waals surface area contributed by atoms with Crippen LogP contribution >= 0.6 is 0 Å². The third kappa shape index (κ3) is 4.58. The third-order valence-electron chi connectivity index (χ3n) is 1.86. The number of rotatable bonds is 7. The molecule has 0 unspecified atom stereocenters. The van der Waals surface area contributed by atoms with Crippen LogP contribution in [0.1, 0.15) is 10.4 Å². The Bertz CT molecular complexity index is 284. The lowest BCUT2D eigenvalue weighted by atomic mass is 10.2. The van der Waals surface area contributed by atoms with E-state index in [-0.39, 0.29) is 6.61 Å². The molecule has 0 radical (unpaired) electrons. The Labute approximate surface area is 88.9 Å². The maximum absolute atomic E-state index is 10.4. The van der Waals surface area contributed by atoms with Gasteiger partial charge in [0.05, 0.1) is 19.8 Å². The highest BCUT2D eigenvalue weighted by atomic mass is 16.5. The minimum atomic E-state index is 0.0496. The van der Waals surface area contributed by atoms with E-state index in [9.17, 15) is 4.79 Å². The molecule has 0 aliphatic heterocycles. The molecule has 0 amide bonds. The molecule has 4 nitrogen and oxygen atoms in total. The van der Waals surface area contributed by atoms with Gasteiger partial charge in [0.25, 0.3) is 0 Å². The molecule has 1 aromatic carbocycles. The summed E-state index contributed by atoms with van der Waals surface area (Å²) in [7, 11) is 0. The van der Waals surface area contributed by atoms with E-state index >= 15 is 0 Å². The predicted molar refractivity (Wildman–Crippen MR) is 58.2 cm³/mol. The smallest absolute Gasteiger partial charge is 0.150 e. The maximum Gasteiger partial charge on any atom is 0.150 e. The lowest BCUT2D eigenvalue weighted by Crippen LogP contribution is -2.11. The van der Waals surface area contributed by atoms with Crippen molar-refractivity contribution < 1.29 is 14.6 Å². The second-order valence-electron chi connectivity index (χ2n) is 3.00. The summed E-state index contributed by atoms with van der Waals surface area (Å²) in [6.07, 6.45) is 0.814. The summed E-state index contributed by atoms with van der Waals surface area (Å²) in [4.78, 5) is 10.4. The van der Waals surface area contributed by atoms with E-state index in [2.05, 4.69) is 5.32 Å². The Kier molecular flexibility index (Phi) is 5.43. The van der Waals surface area contributed by atoms with Crippen LogP contribution in [0, 0.1) is 0 Å². The van der Waals surface area contributed by atoms with Crippen molar-refractivity contribution in [2.45, 2.75) is 0 Å². The first kappa shape index (κ1) is 11.7. The van der Waals surface area contributed by atoms with Gasteiger partial charge in [-0.05, 0) is 24.3 Å². The SMILES string of the molecule is O=Cc1ccc(NCCOCCO)cc1. The molecule has 1 aromatic rings. The van der Waals surface area contributed by atoms with Crippen molar-refractivity contribution in [3.8, 4) is 0 Å². The number of anilines is 1. The molecule has 0 heterocycles. The van der Waals surface area contributed by atoms with Crippen molar-refractivity contribution in [1.29, 1.82) is 0 Å². The zero-order chi connectivity index (χ0) is 10.9. The van der Waals surface area contributed by atoms with Gasteiger partial charge in [-0.2, -0.15) is 0 Å². The van der Waals surface area contributed by atoms with Gasteiger partial charge < -0.3 is 15.2 Å². The van der Waals surface area contributed by atoms with Crippen LogP contribution in [0.25, 0.3) is 0 Å². The average Bonchev–Trinajstić information content (AvgIpc) is 2.30. The summed E-state index contributed by atoms with van der Waals surface area (Å²) < 4.78 is 5.08. The number of nitrogens with one attached hydrogen (secondary N) is 1. The van der Waals surface area contributed by atoms with Gasteiger partial charge >= 0.3 is 0 Å².